The molecule has 16 heavy (non-hydrogen) atoms. The van der Waals surface area contributed by atoms with E-state index in [2.05, 4.69) is 9.97 Å². The van der Waals surface area contributed by atoms with Crippen LogP contribution in [0.15, 0.2) is 6.20 Å². The molecule has 0 aliphatic heterocycles. The van der Waals surface area contributed by atoms with Gasteiger partial charge in [0.25, 0.3) is 0 Å². The molecule has 0 aromatic carbocycles. The summed E-state index contributed by atoms with van der Waals surface area (Å²) in [6.45, 7) is 1.87. The summed E-state index contributed by atoms with van der Waals surface area (Å²) < 4.78 is 0. The Morgan fingerprint density at radius 2 is 2.31 bits per heavy atom. The van der Waals surface area contributed by atoms with E-state index in [-0.39, 0.29) is 0 Å². The first-order valence-corrected chi connectivity index (χ1v) is 6.00. The molecule has 0 amide bonds. The van der Waals surface area contributed by atoms with Gasteiger partial charge in [-0.3, -0.25) is 4.79 Å². The number of aromatic amines is 1. The van der Waals surface area contributed by atoms with Crippen LogP contribution in [-0.2, 0) is 4.79 Å². The van der Waals surface area contributed by atoms with E-state index in [4.69, 9.17) is 5.11 Å². The average molecular weight is 222 g/mol. The summed E-state index contributed by atoms with van der Waals surface area (Å²) in [7, 11) is 0. The SMILES string of the molecule is CCC(C(=O)O)c1ncc(C2CCCC2)[nH]1. The van der Waals surface area contributed by atoms with E-state index in [0.717, 1.165) is 5.69 Å². The normalized spacial score (nSPS) is 18.8. The van der Waals surface area contributed by atoms with E-state index in [0.29, 0.717) is 18.2 Å². The summed E-state index contributed by atoms with van der Waals surface area (Å²) in [5.41, 5.74) is 1.12. The number of carboxylic acid groups (broad SMARTS) is 1. The Morgan fingerprint density at radius 1 is 1.62 bits per heavy atom. The van der Waals surface area contributed by atoms with Crippen molar-refractivity contribution in [3.8, 4) is 0 Å². The first kappa shape index (κ1) is 11.2. The Kier molecular flexibility index (Phi) is 3.27. The number of imidazole rings is 1. The average Bonchev–Trinajstić information content (AvgIpc) is 2.86. The van der Waals surface area contributed by atoms with Gasteiger partial charge in [-0.1, -0.05) is 19.8 Å². The number of carbonyl (C=O) groups is 1. The summed E-state index contributed by atoms with van der Waals surface area (Å²) in [6, 6.07) is 0. The van der Waals surface area contributed by atoms with Gasteiger partial charge in [0, 0.05) is 17.8 Å². The number of nitrogens with one attached hydrogen (secondary N) is 1. The molecule has 1 aromatic rings. The summed E-state index contributed by atoms with van der Waals surface area (Å²) in [6.07, 6.45) is 7.34. The number of H-pyrrole nitrogens is 1. The molecule has 0 saturated heterocycles. The second kappa shape index (κ2) is 4.68. The third-order valence-electron chi connectivity index (χ3n) is 3.45. The number of rotatable bonds is 4. The van der Waals surface area contributed by atoms with Crippen molar-refractivity contribution in [1.29, 1.82) is 0 Å². The number of carboxylic acids is 1. The Morgan fingerprint density at radius 3 is 2.88 bits per heavy atom. The van der Waals surface area contributed by atoms with Crippen LogP contribution >= 0.6 is 0 Å². The van der Waals surface area contributed by atoms with Crippen LogP contribution in [0.25, 0.3) is 0 Å². The summed E-state index contributed by atoms with van der Waals surface area (Å²) in [4.78, 5) is 18.4. The van der Waals surface area contributed by atoms with Crippen LogP contribution in [0.3, 0.4) is 0 Å². The van der Waals surface area contributed by atoms with Crippen LogP contribution in [0, 0.1) is 0 Å². The molecule has 0 spiro atoms. The topological polar surface area (TPSA) is 66.0 Å². The molecule has 1 unspecified atom stereocenters. The van der Waals surface area contributed by atoms with E-state index in [1.54, 1.807) is 0 Å². The molecular weight excluding hydrogens is 204 g/mol. The van der Waals surface area contributed by atoms with Gasteiger partial charge >= 0.3 is 5.97 Å². The van der Waals surface area contributed by atoms with Crippen molar-refractivity contribution < 1.29 is 9.90 Å². The number of nitrogens with zero attached hydrogens (tertiary/aromatic N) is 1. The van der Waals surface area contributed by atoms with Crippen LogP contribution in [0.1, 0.15) is 62.4 Å². The van der Waals surface area contributed by atoms with E-state index in [1.165, 1.54) is 25.7 Å². The van der Waals surface area contributed by atoms with Crippen molar-refractivity contribution >= 4 is 5.97 Å². The monoisotopic (exact) mass is 222 g/mol. The molecule has 4 heteroatoms. The lowest BCUT2D eigenvalue weighted by Gasteiger charge is -2.07. The van der Waals surface area contributed by atoms with Crippen LogP contribution in [0.4, 0.5) is 0 Å². The van der Waals surface area contributed by atoms with Gasteiger partial charge in [-0.25, -0.2) is 4.98 Å². The third-order valence-corrected chi connectivity index (χ3v) is 3.45. The first-order chi connectivity index (χ1) is 7.72. The van der Waals surface area contributed by atoms with Crippen molar-refractivity contribution in [1.82, 2.24) is 9.97 Å². The summed E-state index contributed by atoms with van der Waals surface area (Å²) >= 11 is 0. The van der Waals surface area contributed by atoms with Gasteiger partial charge in [0.05, 0.1) is 0 Å². The lowest BCUT2D eigenvalue weighted by atomic mass is 10.1. The molecule has 0 radical (unpaired) electrons. The lowest BCUT2D eigenvalue weighted by molar-refractivity contribution is -0.139. The van der Waals surface area contributed by atoms with Crippen molar-refractivity contribution in [3.63, 3.8) is 0 Å². The minimum absolute atomic E-state index is 0.491. The fraction of sp³-hybridized carbons (Fsp3) is 0.667. The highest BCUT2D eigenvalue weighted by Crippen LogP contribution is 2.33. The van der Waals surface area contributed by atoms with Crippen LogP contribution in [-0.4, -0.2) is 21.0 Å². The number of hydrogen-bond donors (Lipinski definition) is 2. The zero-order chi connectivity index (χ0) is 11.5. The van der Waals surface area contributed by atoms with Gasteiger partial charge in [0.2, 0.25) is 0 Å². The van der Waals surface area contributed by atoms with Crippen molar-refractivity contribution in [2.75, 3.05) is 0 Å². The quantitative estimate of drug-likeness (QED) is 0.823. The van der Waals surface area contributed by atoms with Crippen molar-refractivity contribution in [3.05, 3.63) is 17.7 Å². The number of aliphatic carboxylic acids is 1. The molecule has 0 bridgehead atoms. The molecule has 1 heterocycles. The zero-order valence-corrected chi connectivity index (χ0v) is 9.57. The van der Waals surface area contributed by atoms with Gasteiger partial charge in [-0.2, -0.15) is 0 Å². The summed E-state index contributed by atoms with van der Waals surface area (Å²) in [5, 5.41) is 9.04. The largest absolute Gasteiger partial charge is 0.481 e. The van der Waals surface area contributed by atoms with Crippen LogP contribution in [0.2, 0.25) is 0 Å². The Bertz CT molecular complexity index is 367. The Balaban J connectivity index is 2.14. The molecule has 1 aliphatic carbocycles. The first-order valence-electron chi connectivity index (χ1n) is 6.00. The molecule has 2 rings (SSSR count). The van der Waals surface area contributed by atoms with Gasteiger partial charge in [-0.05, 0) is 19.3 Å². The second-order valence-electron chi connectivity index (χ2n) is 4.50. The highest BCUT2D eigenvalue weighted by Gasteiger charge is 2.24. The van der Waals surface area contributed by atoms with Gasteiger partial charge in [0.15, 0.2) is 0 Å². The highest BCUT2D eigenvalue weighted by atomic mass is 16.4. The van der Waals surface area contributed by atoms with Crippen molar-refractivity contribution in [2.45, 2.75) is 50.9 Å². The minimum atomic E-state index is -0.796. The highest BCUT2D eigenvalue weighted by molar-refractivity contribution is 5.74. The van der Waals surface area contributed by atoms with E-state index < -0.39 is 11.9 Å². The maximum Gasteiger partial charge on any atom is 0.314 e. The molecule has 1 aliphatic rings. The Labute approximate surface area is 95.1 Å². The van der Waals surface area contributed by atoms with Gasteiger partial charge in [0.1, 0.15) is 11.7 Å². The smallest absolute Gasteiger partial charge is 0.314 e. The molecule has 1 aromatic heterocycles. The van der Waals surface area contributed by atoms with Gasteiger partial charge < -0.3 is 10.1 Å². The van der Waals surface area contributed by atoms with E-state index >= 15 is 0 Å². The van der Waals surface area contributed by atoms with E-state index in [9.17, 15) is 4.79 Å². The predicted molar refractivity (Wildman–Crippen MR) is 60.5 cm³/mol. The molecule has 4 nitrogen and oxygen atoms in total. The molecule has 1 atom stereocenters. The molecule has 88 valence electrons. The Hall–Kier alpha value is -1.32. The van der Waals surface area contributed by atoms with Gasteiger partial charge in [-0.15, -0.1) is 0 Å². The molecule has 1 saturated carbocycles. The third kappa shape index (κ3) is 2.10. The maximum absolute atomic E-state index is 11.0. The fourth-order valence-electron chi connectivity index (χ4n) is 2.46. The molecular formula is C12H18N2O2. The maximum atomic E-state index is 11.0. The fourth-order valence-corrected chi connectivity index (χ4v) is 2.46. The zero-order valence-electron chi connectivity index (χ0n) is 9.57. The van der Waals surface area contributed by atoms with Crippen LogP contribution < -0.4 is 0 Å². The predicted octanol–water partition coefficient (Wildman–Crippen LogP) is 2.65. The number of aromatic nitrogens is 2. The minimum Gasteiger partial charge on any atom is -0.481 e. The van der Waals surface area contributed by atoms with E-state index in [1.807, 2.05) is 13.1 Å². The standard InChI is InChI=1S/C12H18N2O2/c1-2-9(12(15)16)11-13-7-10(14-11)8-5-3-4-6-8/h7-9H,2-6H2,1H3,(H,13,14)(H,15,16). The number of hydrogen-bond acceptors (Lipinski definition) is 2. The van der Waals surface area contributed by atoms with Crippen molar-refractivity contribution in [2.24, 2.45) is 0 Å². The summed E-state index contributed by atoms with van der Waals surface area (Å²) in [5.74, 6) is -0.116. The molecule has 2 N–H and O–H groups in total. The molecule has 1 fully saturated rings. The van der Waals surface area contributed by atoms with Crippen LogP contribution in [0.5, 0.6) is 0 Å². The second-order valence-corrected chi connectivity index (χ2v) is 4.50. The lowest BCUT2D eigenvalue weighted by Crippen LogP contribution is -2.12.